The highest BCUT2D eigenvalue weighted by Gasteiger charge is 2.29. The molecule has 8 heteroatoms. The van der Waals surface area contributed by atoms with E-state index in [1.165, 1.54) is 36.4 Å². The third-order valence-corrected chi connectivity index (χ3v) is 5.26. The number of halogens is 4. The van der Waals surface area contributed by atoms with E-state index in [1.807, 2.05) is 4.72 Å². The number of anilines is 1. The first-order chi connectivity index (χ1) is 12.7. The maximum atomic E-state index is 14.5. The predicted molar refractivity (Wildman–Crippen MR) is 93.7 cm³/mol. The van der Waals surface area contributed by atoms with Crippen molar-refractivity contribution in [3.05, 3.63) is 83.4 Å². The van der Waals surface area contributed by atoms with E-state index in [1.54, 1.807) is 25.1 Å². The van der Waals surface area contributed by atoms with Gasteiger partial charge in [-0.25, -0.2) is 26.0 Å². The van der Waals surface area contributed by atoms with Crippen molar-refractivity contribution in [3.8, 4) is 11.1 Å². The first-order valence-electron chi connectivity index (χ1n) is 7.73. The smallest absolute Gasteiger partial charge is 0.262 e. The molecule has 0 aromatic heterocycles. The summed E-state index contributed by atoms with van der Waals surface area (Å²) in [5.74, 6) is -7.65. The molecule has 0 aliphatic rings. The van der Waals surface area contributed by atoms with E-state index in [-0.39, 0.29) is 10.5 Å². The Kier molecular flexibility index (Phi) is 4.93. The summed E-state index contributed by atoms with van der Waals surface area (Å²) in [5.41, 5.74) is -0.944. The second-order valence-electron chi connectivity index (χ2n) is 5.79. The van der Waals surface area contributed by atoms with Crippen molar-refractivity contribution >= 4 is 15.7 Å². The van der Waals surface area contributed by atoms with Crippen molar-refractivity contribution in [1.82, 2.24) is 0 Å². The SMILES string of the molecule is Cc1ccc(-c2c(F)c(F)c(F)c(F)c2NS(=O)(=O)c2ccccc2)cc1. The van der Waals surface area contributed by atoms with E-state index in [0.717, 1.165) is 5.56 Å². The summed E-state index contributed by atoms with van der Waals surface area (Å²) in [6, 6.07) is 12.7. The lowest BCUT2D eigenvalue weighted by atomic mass is 10.0. The van der Waals surface area contributed by atoms with Crippen LogP contribution in [0.4, 0.5) is 23.2 Å². The topological polar surface area (TPSA) is 46.2 Å². The fraction of sp³-hybridized carbons (Fsp3) is 0.0526. The van der Waals surface area contributed by atoms with Crippen LogP contribution in [0.25, 0.3) is 11.1 Å². The molecule has 0 aliphatic carbocycles. The fourth-order valence-electron chi connectivity index (χ4n) is 2.51. The van der Waals surface area contributed by atoms with Gasteiger partial charge in [-0.2, -0.15) is 0 Å². The number of rotatable bonds is 4. The molecule has 3 nitrogen and oxygen atoms in total. The van der Waals surface area contributed by atoms with Gasteiger partial charge in [0.15, 0.2) is 23.3 Å². The summed E-state index contributed by atoms with van der Waals surface area (Å²) >= 11 is 0. The maximum absolute atomic E-state index is 14.5. The molecule has 0 unspecified atom stereocenters. The molecule has 0 amide bonds. The molecule has 1 N–H and O–H groups in total. The summed E-state index contributed by atoms with van der Waals surface area (Å²) in [6.07, 6.45) is 0. The highest BCUT2D eigenvalue weighted by molar-refractivity contribution is 7.92. The molecule has 0 spiro atoms. The van der Waals surface area contributed by atoms with E-state index in [2.05, 4.69) is 0 Å². The van der Waals surface area contributed by atoms with Crippen molar-refractivity contribution in [2.75, 3.05) is 4.72 Å². The monoisotopic (exact) mass is 395 g/mol. The number of sulfonamides is 1. The van der Waals surface area contributed by atoms with Gasteiger partial charge in [-0.3, -0.25) is 4.72 Å². The molecule has 0 bridgehead atoms. The van der Waals surface area contributed by atoms with Gasteiger partial charge in [-0.1, -0.05) is 48.0 Å². The van der Waals surface area contributed by atoms with Crippen molar-refractivity contribution in [2.45, 2.75) is 11.8 Å². The first kappa shape index (κ1) is 18.9. The Labute approximate surface area is 153 Å². The third kappa shape index (κ3) is 3.52. The Morgan fingerprint density at radius 1 is 0.741 bits per heavy atom. The number of aryl methyl sites for hydroxylation is 1. The Balaban J connectivity index is 2.24. The zero-order chi connectivity index (χ0) is 19.8. The van der Waals surface area contributed by atoms with E-state index in [9.17, 15) is 26.0 Å². The molecule has 27 heavy (non-hydrogen) atoms. The molecule has 140 valence electrons. The van der Waals surface area contributed by atoms with Gasteiger partial charge in [0.05, 0.1) is 10.6 Å². The molecular formula is C19H13F4NO2S. The molecule has 3 rings (SSSR count). The van der Waals surface area contributed by atoms with Gasteiger partial charge in [0.2, 0.25) is 0 Å². The first-order valence-corrected chi connectivity index (χ1v) is 9.21. The van der Waals surface area contributed by atoms with Crippen LogP contribution < -0.4 is 4.72 Å². The number of hydrogen-bond acceptors (Lipinski definition) is 2. The van der Waals surface area contributed by atoms with Crippen LogP contribution in [-0.2, 0) is 10.0 Å². The van der Waals surface area contributed by atoms with E-state index >= 15 is 0 Å². The third-order valence-electron chi connectivity index (χ3n) is 3.90. The van der Waals surface area contributed by atoms with Crippen LogP contribution in [0.5, 0.6) is 0 Å². The molecule has 0 fully saturated rings. The van der Waals surface area contributed by atoms with Crippen LogP contribution >= 0.6 is 0 Å². The molecule has 3 aromatic carbocycles. The molecule has 0 saturated heterocycles. The highest BCUT2D eigenvalue weighted by Crippen LogP contribution is 2.37. The summed E-state index contributed by atoms with van der Waals surface area (Å²) in [4.78, 5) is -0.246. The predicted octanol–water partition coefficient (Wildman–Crippen LogP) is 5.02. The molecule has 0 radical (unpaired) electrons. The van der Waals surface area contributed by atoms with Gasteiger partial charge < -0.3 is 0 Å². The lowest BCUT2D eigenvalue weighted by Crippen LogP contribution is -2.17. The van der Waals surface area contributed by atoms with Gasteiger partial charge in [0, 0.05) is 5.56 Å². The van der Waals surface area contributed by atoms with E-state index in [4.69, 9.17) is 0 Å². The lowest BCUT2D eigenvalue weighted by Gasteiger charge is -2.16. The van der Waals surface area contributed by atoms with Gasteiger partial charge in [-0.05, 0) is 24.6 Å². The van der Waals surface area contributed by atoms with Crippen LogP contribution in [0.1, 0.15) is 5.56 Å². The largest absolute Gasteiger partial charge is 0.276 e. The minimum absolute atomic E-state index is 0.0124. The van der Waals surface area contributed by atoms with Crippen LogP contribution in [0.3, 0.4) is 0 Å². The van der Waals surface area contributed by atoms with E-state index < -0.39 is 44.5 Å². The Morgan fingerprint density at radius 2 is 1.30 bits per heavy atom. The molecule has 3 aromatic rings. The molecular weight excluding hydrogens is 382 g/mol. The number of hydrogen-bond donors (Lipinski definition) is 1. The maximum Gasteiger partial charge on any atom is 0.262 e. The summed E-state index contributed by atoms with van der Waals surface area (Å²) in [7, 11) is -4.37. The van der Waals surface area contributed by atoms with Crippen LogP contribution in [0.2, 0.25) is 0 Å². The van der Waals surface area contributed by atoms with Crippen molar-refractivity contribution < 1.29 is 26.0 Å². The second kappa shape index (κ2) is 7.03. The van der Waals surface area contributed by atoms with Gasteiger partial charge in [-0.15, -0.1) is 0 Å². The highest BCUT2D eigenvalue weighted by atomic mass is 32.2. The molecule has 0 aliphatic heterocycles. The van der Waals surface area contributed by atoms with Crippen LogP contribution in [-0.4, -0.2) is 8.42 Å². The van der Waals surface area contributed by atoms with Crippen molar-refractivity contribution in [1.29, 1.82) is 0 Å². The van der Waals surface area contributed by atoms with E-state index in [0.29, 0.717) is 0 Å². The molecule has 0 heterocycles. The molecule has 0 saturated carbocycles. The summed E-state index contributed by atoms with van der Waals surface area (Å²) in [5, 5.41) is 0. The average Bonchev–Trinajstić information content (AvgIpc) is 2.66. The summed E-state index contributed by atoms with van der Waals surface area (Å²) < 4.78 is 83.2. The summed E-state index contributed by atoms with van der Waals surface area (Å²) in [6.45, 7) is 1.74. The van der Waals surface area contributed by atoms with Crippen LogP contribution in [0, 0.1) is 30.2 Å². The van der Waals surface area contributed by atoms with Crippen molar-refractivity contribution in [3.63, 3.8) is 0 Å². The Hall–Kier alpha value is -2.87. The Bertz CT molecular complexity index is 1100. The minimum atomic E-state index is -4.37. The zero-order valence-electron chi connectivity index (χ0n) is 13.9. The van der Waals surface area contributed by atoms with Gasteiger partial charge in [0.1, 0.15) is 0 Å². The van der Waals surface area contributed by atoms with Crippen LogP contribution in [0.15, 0.2) is 59.5 Å². The molecule has 0 atom stereocenters. The Morgan fingerprint density at radius 3 is 1.89 bits per heavy atom. The standard InChI is InChI=1S/C19H13F4NO2S/c1-11-7-9-12(10-8-11)14-15(20)16(21)17(22)18(23)19(14)24-27(25,26)13-5-3-2-4-6-13/h2-10,24H,1H3. The minimum Gasteiger partial charge on any atom is -0.276 e. The number of nitrogens with one attached hydrogen (secondary N) is 1. The normalized spacial score (nSPS) is 11.4. The quantitative estimate of drug-likeness (QED) is 0.383. The lowest BCUT2D eigenvalue weighted by molar-refractivity contribution is 0.413. The van der Waals surface area contributed by atoms with Gasteiger partial charge >= 0.3 is 0 Å². The van der Waals surface area contributed by atoms with Crippen molar-refractivity contribution in [2.24, 2.45) is 0 Å². The van der Waals surface area contributed by atoms with Gasteiger partial charge in [0.25, 0.3) is 10.0 Å². The second-order valence-corrected chi connectivity index (χ2v) is 7.47. The fourth-order valence-corrected chi connectivity index (χ4v) is 3.61. The number of benzene rings is 3. The zero-order valence-corrected chi connectivity index (χ0v) is 14.7. The average molecular weight is 395 g/mol.